The molecular formula is C38H33N3O5S. The molecule has 236 valence electrons. The van der Waals surface area contributed by atoms with Crippen molar-refractivity contribution >= 4 is 34.2 Å². The molecule has 0 saturated carbocycles. The number of nitrogens with zero attached hydrogens (tertiary/aromatic N) is 3. The number of thiazole rings is 1. The van der Waals surface area contributed by atoms with E-state index in [0.29, 0.717) is 37.7 Å². The molecule has 9 heteroatoms. The molecule has 0 aliphatic carbocycles. The summed E-state index contributed by atoms with van der Waals surface area (Å²) in [5.74, 6) is 0.605. The van der Waals surface area contributed by atoms with Gasteiger partial charge in [0, 0.05) is 16.7 Å². The molecule has 1 aromatic heterocycles. The highest BCUT2D eigenvalue weighted by Gasteiger charge is 2.35. The molecule has 1 atom stereocenters. The molecule has 0 radical (unpaired) electrons. The molecule has 2 heterocycles. The lowest BCUT2D eigenvalue weighted by Crippen LogP contribution is -2.40. The Morgan fingerprint density at radius 2 is 1.77 bits per heavy atom. The fourth-order valence-electron chi connectivity index (χ4n) is 5.75. The third kappa shape index (κ3) is 6.20. The number of esters is 1. The van der Waals surface area contributed by atoms with E-state index < -0.39 is 12.0 Å². The monoisotopic (exact) mass is 643 g/mol. The van der Waals surface area contributed by atoms with Crippen molar-refractivity contribution in [3.8, 4) is 17.6 Å². The van der Waals surface area contributed by atoms with Crippen LogP contribution in [-0.2, 0) is 16.1 Å². The number of rotatable bonds is 9. The number of aromatic nitrogens is 1. The number of nitriles is 1. The predicted octanol–water partition coefficient (Wildman–Crippen LogP) is 6.19. The fraction of sp³-hybridized carbons (Fsp3) is 0.211. The summed E-state index contributed by atoms with van der Waals surface area (Å²) >= 11 is 1.25. The molecule has 0 saturated heterocycles. The lowest BCUT2D eigenvalue weighted by atomic mass is 9.95. The van der Waals surface area contributed by atoms with Gasteiger partial charge in [0.05, 0.1) is 40.1 Å². The smallest absolute Gasteiger partial charge is 0.338 e. The number of carbonyl (C=O) groups excluding carboxylic acids is 1. The Bertz CT molecular complexity index is 2260. The maximum absolute atomic E-state index is 14.5. The van der Waals surface area contributed by atoms with Crippen molar-refractivity contribution in [1.82, 2.24) is 4.57 Å². The standard InChI is InChI=1S/C38H33N3O5S/c1-5-44-37(43)34-24(4)40-38-41(35(34)29-16-10-11-17-32(29)46-23(2)3)36(42)33(47-38)20-30-28-15-9-8-12-25(28)18-19-31(30)45-22-27-14-7-6-13-26(27)21-39/h6-20,23,35H,5,22H2,1-4H3/b33-20-/t35-/m1/s1. The van der Waals surface area contributed by atoms with Crippen LogP contribution in [-0.4, -0.2) is 23.2 Å². The van der Waals surface area contributed by atoms with Crippen LogP contribution in [0.4, 0.5) is 0 Å². The second-order valence-corrected chi connectivity index (χ2v) is 12.3. The summed E-state index contributed by atoms with van der Waals surface area (Å²) in [7, 11) is 0. The number of ether oxygens (including phenoxy) is 3. The number of fused-ring (bicyclic) bond motifs is 2. The summed E-state index contributed by atoms with van der Waals surface area (Å²) in [6, 6.07) is 27.9. The van der Waals surface area contributed by atoms with Crippen molar-refractivity contribution in [2.45, 2.75) is 46.4 Å². The number of para-hydroxylation sites is 1. The van der Waals surface area contributed by atoms with Gasteiger partial charge in [0.15, 0.2) is 4.80 Å². The molecule has 0 spiro atoms. The molecule has 0 amide bonds. The molecule has 47 heavy (non-hydrogen) atoms. The normalized spacial score (nSPS) is 14.5. The van der Waals surface area contributed by atoms with E-state index in [-0.39, 0.29) is 30.5 Å². The van der Waals surface area contributed by atoms with Crippen molar-refractivity contribution in [2.24, 2.45) is 4.99 Å². The Kier molecular flexibility index (Phi) is 9.05. The van der Waals surface area contributed by atoms with Gasteiger partial charge >= 0.3 is 5.97 Å². The molecule has 0 N–H and O–H groups in total. The first-order chi connectivity index (χ1) is 22.8. The van der Waals surface area contributed by atoms with Crippen LogP contribution in [0.5, 0.6) is 11.5 Å². The van der Waals surface area contributed by atoms with Crippen LogP contribution >= 0.6 is 11.3 Å². The van der Waals surface area contributed by atoms with E-state index >= 15 is 0 Å². The summed E-state index contributed by atoms with van der Waals surface area (Å²) in [6.07, 6.45) is 1.70. The molecule has 1 aliphatic heterocycles. The number of benzene rings is 4. The Morgan fingerprint density at radius 3 is 2.55 bits per heavy atom. The van der Waals surface area contributed by atoms with Gasteiger partial charge < -0.3 is 14.2 Å². The largest absolute Gasteiger partial charge is 0.491 e. The molecule has 0 unspecified atom stereocenters. The molecule has 0 fully saturated rings. The number of hydrogen-bond donors (Lipinski definition) is 0. The first-order valence-electron chi connectivity index (χ1n) is 15.4. The fourth-order valence-corrected chi connectivity index (χ4v) is 6.77. The van der Waals surface area contributed by atoms with Crippen LogP contribution in [0.25, 0.3) is 16.8 Å². The highest BCUT2D eigenvalue weighted by molar-refractivity contribution is 7.07. The third-order valence-electron chi connectivity index (χ3n) is 7.82. The highest BCUT2D eigenvalue weighted by Crippen LogP contribution is 2.36. The summed E-state index contributed by atoms with van der Waals surface area (Å²) in [5, 5.41) is 11.5. The van der Waals surface area contributed by atoms with E-state index in [1.165, 1.54) is 11.3 Å². The molecule has 8 nitrogen and oxygen atoms in total. The van der Waals surface area contributed by atoms with Gasteiger partial charge in [-0.1, -0.05) is 78.1 Å². The molecule has 1 aliphatic rings. The zero-order valence-electron chi connectivity index (χ0n) is 26.5. The summed E-state index contributed by atoms with van der Waals surface area (Å²) < 4.78 is 19.9. The maximum atomic E-state index is 14.5. The van der Waals surface area contributed by atoms with Gasteiger partial charge in [0.25, 0.3) is 5.56 Å². The quantitative estimate of drug-likeness (QED) is 0.178. The summed E-state index contributed by atoms with van der Waals surface area (Å²) in [4.78, 5) is 33.1. The predicted molar refractivity (Wildman–Crippen MR) is 182 cm³/mol. The van der Waals surface area contributed by atoms with Crippen molar-refractivity contribution in [1.29, 1.82) is 5.26 Å². The topological polar surface area (TPSA) is 103 Å². The lowest BCUT2D eigenvalue weighted by molar-refractivity contribution is -0.139. The Morgan fingerprint density at radius 1 is 1.02 bits per heavy atom. The third-order valence-corrected chi connectivity index (χ3v) is 8.80. The van der Waals surface area contributed by atoms with Crippen LogP contribution in [0.1, 0.15) is 56.0 Å². The average Bonchev–Trinajstić information content (AvgIpc) is 3.37. The molecule has 0 bridgehead atoms. The van der Waals surface area contributed by atoms with Crippen molar-refractivity contribution in [3.63, 3.8) is 0 Å². The first kappa shape index (κ1) is 31.5. The molecule has 5 aromatic rings. The number of carbonyl (C=O) groups is 1. The number of allylic oxidation sites excluding steroid dienone is 1. The van der Waals surface area contributed by atoms with Crippen LogP contribution in [0.3, 0.4) is 0 Å². The SMILES string of the molecule is CCOC(=O)C1=C(C)N=c2s/c(=C\c3c(OCc4ccccc4C#N)ccc4ccccc34)c(=O)n2[C@@H]1c1ccccc1OC(C)C. The van der Waals surface area contributed by atoms with E-state index in [9.17, 15) is 14.9 Å². The Balaban J connectivity index is 1.55. The lowest BCUT2D eigenvalue weighted by Gasteiger charge is -2.26. The van der Waals surface area contributed by atoms with Gasteiger partial charge in [-0.25, -0.2) is 9.79 Å². The van der Waals surface area contributed by atoms with Gasteiger partial charge in [-0.15, -0.1) is 0 Å². The minimum absolute atomic E-state index is 0.131. The second-order valence-electron chi connectivity index (χ2n) is 11.3. The van der Waals surface area contributed by atoms with Gasteiger partial charge in [0.2, 0.25) is 0 Å². The number of hydrogen-bond acceptors (Lipinski definition) is 8. The maximum Gasteiger partial charge on any atom is 0.338 e. The van der Waals surface area contributed by atoms with Crippen LogP contribution < -0.4 is 24.4 Å². The van der Waals surface area contributed by atoms with Crippen LogP contribution in [0, 0.1) is 11.3 Å². The van der Waals surface area contributed by atoms with Crippen molar-refractivity contribution in [2.75, 3.05) is 6.61 Å². The zero-order valence-corrected chi connectivity index (χ0v) is 27.3. The molecular weight excluding hydrogens is 611 g/mol. The summed E-state index contributed by atoms with van der Waals surface area (Å²) in [5.41, 5.74) is 3.15. The molecule has 6 rings (SSSR count). The van der Waals surface area contributed by atoms with E-state index in [1.807, 2.05) is 98.8 Å². The molecule has 4 aromatic carbocycles. The minimum Gasteiger partial charge on any atom is -0.491 e. The Hall–Kier alpha value is -5.46. The van der Waals surface area contributed by atoms with Gasteiger partial charge in [-0.2, -0.15) is 5.26 Å². The van der Waals surface area contributed by atoms with Crippen molar-refractivity contribution in [3.05, 3.63) is 138 Å². The van der Waals surface area contributed by atoms with E-state index in [4.69, 9.17) is 19.2 Å². The highest BCUT2D eigenvalue weighted by atomic mass is 32.1. The zero-order chi connectivity index (χ0) is 33.1. The van der Waals surface area contributed by atoms with Crippen molar-refractivity contribution < 1.29 is 19.0 Å². The summed E-state index contributed by atoms with van der Waals surface area (Å²) in [6.45, 7) is 7.73. The second kappa shape index (κ2) is 13.5. The van der Waals surface area contributed by atoms with Gasteiger partial charge in [-0.05, 0) is 62.7 Å². The average molecular weight is 644 g/mol. The Labute approximate surface area is 276 Å². The van der Waals surface area contributed by atoms with Crippen LogP contribution in [0.2, 0.25) is 0 Å². The van der Waals surface area contributed by atoms with E-state index in [0.717, 1.165) is 21.9 Å². The van der Waals surface area contributed by atoms with E-state index in [1.54, 1.807) is 24.5 Å². The minimum atomic E-state index is -0.812. The first-order valence-corrected chi connectivity index (χ1v) is 16.2. The van der Waals surface area contributed by atoms with Crippen LogP contribution in [0.15, 0.2) is 106 Å². The van der Waals surface area contributed by atoms with Gasteiger partial charge in [-0.3, -0.25) is 9.36 Å². The van der Waals surface area contributed by atoms with E-state index in [2.05, 4.69) is 6.07 Å². The van der Waals surface area contributed by atoms with Gasteiger partial charge in [0.1, 0.15) is 24.1 Å².